The van der Waals surface area contributed by atoms with Crippen LogP contribution in [0.2, 0.25) is 5.02 Å². The van der Waals surface area contributed by atoms with E-state index >= 15 is 0 Å². The van der Waals surface area contributed by atoms with Gasteiger partial charge in [0.1, 0.15) is 5.75 Å². The number of benzene rings is 2. The summed E-state index contributed by atoms with van der Waals surface area (Å²) in [5.74, 6) is 1.61. The van der Waals surface area contributed by atoms with E-state index in [1.165, 1.54) is 0 Å². The van der Waals surface area contributed by atoms with Crippen LogP contribution in [0.1, 0.15) is 32.4 Å². The van der Waals surface area contributed by atoms with Gasteiger partial charge in [0.25, 0.3) is 5.91 Å². The highest BCUT2D eigenvalue weighted by Crippen LogP contribution is 2.30. The normalized spacial score (nSPS) is 11.5. The number of carbonyl (C=O) groups excluding carboxylic acids is 1. The molecule has 1 N–H and O–H groups in total. The van der Waals surface area contributed by atoms with Crippen molar-refractivity contribution in [2.75, 3.05) is 19.8 Å². The molecule has 0 aliphatic carbocycles. The van der Waals surface area contributed by atoms with E-state index in [0.717, 1.165) is 5.56 Å². The van der Waals surface area contributed by atoms with E-state index < -0.39 is 0 Å². The predicted molar refractivity (Wildman–Crippen MR) is 102 cm³/mol. The van der Waals surface area contributed by atoms with Crippen LogP contribution in [-0.4, -0.2) is 25.7 Å². The van der Waals surface area contributed by atoms with Crippen molar-refractivity contribution in [1.29, 1.82) is 0 Å². The quantitative estimate of drug-likeness (QED) is 0.704. The summed E-state index contributed by atoms with van der Waals surface area (Å²) in [6.07, 6.45) is 0. The molecule has 2 aromatic rings. The second kappa shape index (κ2) is 9.92. The highest BCUT2D eigenvalue weighted by Gasteiger charge is 2.14. The molecule has 6 heteroatoms. The lowest BCUT2D eigenvalue weighted by Gasteiger charge is -2.18. The molecule has 0 aliphatic rings. The lowest BCUT2D eigenvalue weighted by atomic mass is 10.1. The molecular formula is C20H24ClNO4. The maximum absolute atomic E-state index is 12.2. The van der Waals surface area contributed by atoms with Gasteiger partial charge in [-0.15, -0.1) is 0 Å². The van der Waals surface area contributed by atoms with Crippen LogP contribution in [0.15, 0.2) is 42.5 Å². The summed E-state index contributed by atoms with van der Waals surface area (Å²) in [5.41, 5.74) is 0.919. The molecule has 0 bridgehead atoms. The monoisotopic (exact) mass is 377 g/mol. The van der Waals surface area contributed by atoms with E-state index in [2.05, 4.69) is 5.32 Å². The van der Waals surface area contributed by atoms with Gasteiger partial charge < -0.3 is 19.5 Å². The number of hydrogen-bond acceptors (Lipinski definition) is 4. The topological polar surface area (TPSA) is 56.8 Å². The zero-order chi connectivity index (χ0) is 18.9. The molecule has 140 valence electrons. The van der Waals surface area contributed by atoms with Crippen molar-refractivity contribution in [2.45, 2.75) is 26.8 Å². The van der Waals surface area contributed by atoms with Crippen LogP contribution in [0.5, 0.6) is 17.2 Å². The van der Waals surface area contributed by atoms with Crippen LogP contribution in [-0.2, 0) is 4.79 Å². The molecule has 1 atom stereocenters. The molecule has 0 saturated carbocycles. The van der Waals surface area contributed by atoms with Crippen LogP contribution in [0, 0.1) is 0 Å². The number of rotatable bonds is 9. The van der Waals surface area contributed by atoms with E-state index in [4.69, 9.17) is 25.8 Å². The Labute approximate surface area is 159 Å². The summed E-state index contributed by atoms with van der Waals surface area (Å²) < 4.78 is 16.6. The van der Waals surface area contributed by atoms with Gasteiger partial charge in [0.2, 0.25) is 0 Å². The van der Waals surface area contributed by atoms with Crippen molar-refractivity contribution >= 4 is 17.5 Å². The van der Waals surface area contributed by atoms with E-state index in [1.807, 2.05) is 39.0 Å². The second-order valence-electron chi connectivity index (χ2n) is 5.58. The van der Waals surface area contributed by atoms with Gasteiger partial charge in [-0.1, -0.05) is 29.8 Å². The van der Waals surface area contributed by atoms with Crippen LogP contribution < -0.4 is 19.5 Å². The number of halogens is 1. The van der Waals surface area contributed by atoms with Crippen molar-refractivity contribution in [3.05, 3.63) is 53.1 Å². The average Bonchev–Trinajstić information content (AvgIpc) is 2.63. The standard InChI is InChI=1S/C20H24ClNO4/c1-4-24-18-11-10-15(12-19(18)25-5-2)14(3)22-20(23)13-26-17-9-7-6-8-16(17)21/h6-12,14H,4-5,13H2,1-3H3,(H,22,23). The number of hydrogen-bond donors (Lipinski definition) is 1. The second-order valence-corrected chi connectivity index (χ2v) is 5.99. The molecule has 0 fully saturated rings. The Bertz CT molecular complexity index is 736. The molecule has 2 rings (SSSR count). The fourth-order valence-electron chi connectivity index (χ4n) is 2.41. The molecule has 1 unspecified atom stereocenters. The Morgan fingerprint density at radius 1 is 1.00 bits per heavy atom. The summed E-state index contributed by atoms with van der Waals surface area (Å²) in [6, 6.07) is 12.5. The van der Waals surface area contributed by atoms with Crippen molar-refractivity contribution in [1.82, 2.24) is 5.32 Å². The first-order valence-electron chi connectivity index (χ1n) is 8.61. The summed E-state index contributed by atoms with van der Waals surface area (Å²) in [7, 11) is 0. The molecule has 0 spiro atoms. The molecule has 0 aromatic heterocycles. The summed E-state index contributed by atoms with van der Waals surface area (Å²) >= 11 is 6.01. The molecule has 1 amide bonds. The highest BCUT2D eigenvalue weighted by atomic mass is 35.5. The lowest BCUT2D eigenvalue weighted by Crippen LogP contribution is -2.31. The maximum Gasteiger partial charge on any atom is 0.258 e. The Balaban J connectivity index is 1.97. The third-order valence-electron chi connectivity index (χ3n) is 3.64. The van der Waals surface area contributed by atoms with E-state index in [9.17, 15) is 4.79 Å². The minimum absolute atomic E-state index is 0.108. The molecule has 2 aromatic carbocycles. The molecule has 0 radical (unpaired) electrons. The van der Waals surface area contributed by atoms with Gasteiger partial charge in [0.05, 0.1) is 24.3 Å². The lowest BCUT2D eigenvalue weighted by molar-refractivity contribution is -0.123. The zero-order valence-corrected chi connectivity index (χ0v) is 16.0. The highest BCUT2D eigenvalue weighted by molar-refractivity contribution is 6.32. The number of ether oxygens (including phenoxy) is 3. The summed E-state index contributed by atoms with van der Waals surface area (Å²) in [4.78, 5) is 12.2. The van der Waals surface area contributed by atoms with E-state index in [-0.39, 0.29) is 18.6 Å². The molecule has 0 aliphatic heterocycles. The molecule has 26 heavy (non-hydrogen) atoms. The van der Waals surface area contributed by atoms with Crippen LogP contribution in [0.3, 0.4) is 0 Å². The molecule has 0 heterocycles. The number of carbonyl (C=O) groups is 1. The number of nitrogens with one attached hydrogen (secondary N) is 1. The number of para-hydroxylation sites is 1. The third kappa shape index (κ3) is 5.56. The van der Waals surface area contributed by atoms with Gasteiger partial charge >= 0.3 is 0 Å². The minimum atomic E-state index is -0.232. The van der Waals surface area contributed by atoms with Gasteiger partial charge in [-0.2, -0.15) is 0 Å². The van der Waals surface area contributed by atoms with E-state index in [0.29, 0.717) is 35.5 Å². The Kier molecular flexibility index (Phi) is 7.60. The van der Waals surface area contributed by atoms with E-state index in [1.54, 1.807) is 24.3 Å². The Morgan fingerprint density at radius 3 is 2.38 bits per heavy atom. The van der Waals surface area contributed by atoms with Crippen LogP contribution in [0.4, 0.5) is 0 Å². The van der Waals surface area contributed by atoms with Gasteiger partial charge in [-0.25, -0.2) is 0 Å². The van der Waals surface area contributed by atoms with Gasteiger partial charge in [-0.05, 0) is 50.6 Å². The fraction of sp³-hybridized carbons (Fsp3) is 0.350. The Morgan fingerprint density at radius 2 is 1.69 bits per heavy atom. The predicted octanol–water partition coefficient (Wildman–Crippen LogP) is 4.39. The first kappa shape index (κ1) is 19.9. The van der Waals surface area contributed by atoms with Crippen molar-refractivity contribution in [3.8, 4) is 17.2 Å². The maximum atomic E-state index is 12.2. The van der Waals surface area contributed by atoms with Gasteiger partial charge in [0.15, 0.2) is 18.1 Å². The van der Waals surface area contributed by atoms with Crippen molar-refractivity contribution < 1.29 is 19.0 Å². The van der Waals surface area contributed by atoms with Crippen LogP contribution in [0.25, 0.3) is 0 Å². The first-order chi connectivity index (χ1) is 12.5. The largest absolute Gasteiger partial charge is 0.490 e. The molecule has 5 nitrogen and oxygen atoms in total. The SMILES string of the molecule is CCOc1ccc(C(C)NC(=O)COc2ccccc2Cl)cc1OCC. The van der Waals surface area contributed by atoms with Crippen LogP contribution >= 0.6 is 11.6 Å². The summed E-state index contributed by atoms with van der Waals surface area (Å²) in [6.45, 7) is 6.73. The molecular weight excluding hydrogens is 354 g/mol. The van der Waals surface area contributed by atoms with Crippen molar-refractivity contribution in [2.24, 2.45) is 0 Å². The first-order valence-corrected chi connectivity index (χ1v) is 8.99. The smallest absolute Gasteiger partial charge is 0.258 e. The zero-order valence-electron chi connectivity index (χ0n) is 15.3. The molecule has 0 saturated heterocycles. The van der Waals surface area contributed by atoms with Crippen molar-refractivity contribution in [3.63, 3.8) is 0 Å². The third-order valence-corrected chi connectivity index (χ3v) is 3.95. The number of amides is 1. The average molecular weight is 378 g/mol. The minimum Gasteiger partial charge on any atom is -0.490 e. The summed E-state index contributed by atoms with van der Waals surface area (Å²) in [5, 5.41) is 3.38. The van der Waals surface area contributed by atoms with Gasteiger partial charge in [0, 0.05) is 0 Å². The fourth-order valence-corrected chi connectivity index (χ4v) is 2.60. The van der Waals surface area contributed by atoms with Gasteiger partial charge in [-0.3, -0.25) is 4.79 Å². The Hall–Kier alpha value is -2.40.